The number of nitrogens with two attached hydrogens (primary N) is 1. The number of para-hydroxylation sites is 1. The summed E-state index contributed by atoms with van der Waals surface area (Å²) in [5, 5.41) is 8.15. The van der Waals surface area contributed by atoms with Crippen molar-refractivity contribution in [1.82, 2.24) is 16.0 Å². The highest BCUT2D eigenvalue weighted by atomic mass is 31.2. The zero-order chi connectivity index (χ0) is 35.1. The van der Waals surface area contributed by atoms with Crippen LogP contribution < -0.4 is 31.1 Å². The molecule has 15 heteroatoms. The van der Waals surface area contributed by atoms with Gasteiger partial charge in [-0.3, -0.25) is 38.7 Å². The molecule has 3 aromatic carbocycles. The molecular weight excluding hydrogens is 653 g/mol. The summed E-state index contributed by atoms with van der Waals surface area (Å²) in [7, 11) is -4.72. The average molecular weight is 688 g/mol. The van der Waals surface area contributed by atoms with Gasteiger partial charge in [-0.1, -0.05) is 72.8 Å². The number of amides is 5. The lowest BCUT2D eigenvalue weighted by Gasteiger charge is -2.29. The number of hydrogen-bond donors (Lipinski definition) is 6. The Bertz CT molecular complexity index is 1860. The van der Waals surface area contributed by atoms with E-state index in [0.29, 0.717) is 16.8 Å². The van der Waals surface area contributed by atoms with Gasteiger partial charge in [-0.2, -0.15) is 0 Å². The maximum atomic E-state index is 14.0. The molecule has 0 bridgehead atoms. The van der Waals surface area contributed by atoms with Crippen LogP contribution in [0, 0.1) is 0 Å². The first-order valence-electron chi connectivity index (χ1n) is 15.3. The second kappa shape index (κ2) is 15.1. The third kappa shape index (κ3) is 9.08. The lowest BCUT2D eigenvalue weighted by Crippen LogP contribution is -2.57. The predicted octanol–water partition coefficient (Wildman–Crippen LogP) is 1.71. The second-order valence-corrected chi connectivity index (χ2v) is 12.5. The van der Waals surface area contributed by atoms with Crippen molar-refractivity contribution in [3.8, 4) is 5.75 Å². The summed E-state index contributed by atoms with van der Waals surface area (Å²) < 4.78 is 15.5. The summed E-state index contributed by atoms with van der Waals surface area (Å²) in [5.41, 5.74) is 8.62. The van der Waals surface area contributed by atoms with Crippen molar-refractivity contribution in [3.63, 3.8) is 0 Å². The van der Waals surface area contributed by atoms with E-state index >= 15 is 0 Å². The largest absolute Gasteiger partial charge is 0.524 e. The highest BCUT2D eigenvalue weighted by molar-refractivity contribution is 7.46. The zero-order valence-electron chi connectivity index (χ0n) is 26.0. The number of nitrogens with zero attached hydrogens (tertiary/aromatic N) is 1. The van der Waals surface area contributed by atoms with Gasteiger partial charge in [-0.15, -0.1) is 0 Å². The molecule has 2 aliphatic heterocycles. The summed E-state index contributed by atoms with van der Waals surface area (Å²) in [4.78, 5) is 84.7. The topological polar surface area (TPSA) is 217 Å². The van der Waals surface area contributed by atoms with Crippen LogP contribution in [0.5, 0.6) is 5.75 Å². The van der Waals surface area contributed by atoms with Crippen molar-refractivity contribution >= 4 is 55.2 Å². The molecule has 0 spiro atoms. The lowest BCUT2D eigenvalue weighted by atomic mass is 10.0. The molecule has 0 unspecified atom stereocenters. The maximum absolute atomic E-state index is 14.0. The molecule has 5 rings (SSSR count). The van der Waals surface area contributed by atoms with Crippen LogP contribution in [0.15, 0.2) is 84.9 Å². The number of rotatable bonds is 13. The molecule has 0 aromatic heterocycles. The van der Waals surface area contributed by atoms with Gasteiger partial charge in [0.2, 0.25) is 23.6 Å². The van der Waals surface area contributed by atoms with E-state index in [1.807, 2.05) is 30.3 Å². The van der Waals surface area contributed by atoms with E-state index < -0.39 is 55.5 Å². The Balaban J connectivity index is 1.30. The van der Waals surface area contributed by atoms with Crippen molar-refractivity contribution in [2.24, 2.45) is 5.73 Å². The maximum Gasteiger partial charge on any atom is 0.524 e. The third-order valence-electron chi connectivity index (χ3n) is 7.84. The first-order chi connectivity index (χ1) is 23.4. The van der Waals surface area contributed by atoms with Crippen LogP contribution >= 0.6 is 7.82 Å². The number of anilines is 1. The molecule has 0 aliphatic carbocycles. The van der Waals surface area contributed by atoms with E-state index in [9.17, 15) is 28.5 Å². The van der Waals surface area contributed by atoms with Crippen molar-refractivity contribution < 1.29 is 42.8 Å². The van der Waals surface area contributed by atoms with Gasteiger partial charge in [-0.25, -0.2) is 4.57 Å². The summed E-state index contributed by atoms with van der Waals surface area (Å²) in [6, 6.07) is 16.9. The minimum Gasteiger partial charge on any atom is -0.404 e. The van der Waals surface area contributed by atoms with E-state index in [1.54, 1.807) is 24.3 Å². The molecular formula is C34H34N5O9P. The summed E-state index contributed by atoms with van der Waals surface area (Å²) in [6.07, 6.45) is 5.80. The van der Waals surface area contributed by atoms with Crippen LogP contribution in [-0.2, 0) is 41.5 Å². The van der Waals surface area contributed by atoms with Crippen LogP contribution in [0.4, 0.5) is 5.69 Å². The molecule has 0 fully saturated rings. The monoisotopic (exact) mass is 687 g/mol. The van der Waals surface area contributed by atoms with Crippen LogP contribution in [0.25, 0.3) is 12.2 Å². The zero-order valence-corrected chi connectivity index (χ0v) is 26.9. The Kier molecular flexibility index (Phi) is 10.7. The number of nitrogens with one attached hydrogen (secondary N) is 3. The van der Waals surface area contributed by atoms with Gasteiger partial charge in [0.1, 0.15) is 23.9 Å². The quantitative estimate of drug-likeness (QED) is 0.114. The normalized spacial score (nSPS) is 17.2. The molecule has 5 amide bonds. The summed E-state index contributed by atoms with van der Waals surface area (Å²) in [6.45, 7) is 0.198. The van der Waals surface area contributed by atoms with Gasteiger partial charge in [0.25, 0.3) is 5.91 Å². The van der Waals surface area contributed by atoms with Gasteiger partial charge in [0.05, 0.1) is 5.69 Å². The molecule has 2 heterocycles. The van der Waals surface area contributed by atoms with Gasteiger partial charge in [0, 0.05) is 25.5 Å². The molecule has 0 saturated carbocycles. The first kappa shape index (κ1) is 34.8. The van der Waals surface area contributed by atoms with Crippen molar-refractivity contribution in [1.29, 1.82) is 0 Å². The minimum absolute atomic E-state index is 0.0490. The molecule has 0 radical (unpaired) electrons. The SMILES string of the molecule is NC(=O)CC[C@H](NC(=O)[C@@H]1Cc2cccc3c2N1C(=O)[C@@H](NC(=O)/C=C/c1ccc(OP(=O)(O)O)cc1)C=C3)C(=O)NCc1ccccc1. The fourth-order valence-corrected chi connectivity index (χ4v) is 5.95. The van der Waals surface area contributed by atoms with Crippen molar-refractivity contribution in [2.45, 2.75) is 43.9 Å². The van der Waals surface area contributed by atoms with E-state index in [4.69, 9.17) is 15.5 Å². The Hall–Kier alpha value is -5.56. The standard InChI is InChI=1S/C34H34N5O9P/c35-29(40)17-16-26(32(42)36-20-22-5-2-1-3-6-22)38-33(43)28-19-24-8-4-7-23-12-15-27(34(44)39(28)31(23)24)37-30(41)18-11-21-9-13-25(14-10-21)48-49(45,46)47/h1-15,18,26-28H,16-17,19-20H2,(H2,35,40)(H,36,42)(H,37,41)(H,38,43)(H2,45,46,47)/b18-11+/t26-,27-,28-/m0/s1. The van der Waals surface area contributed by atoms with E-state index in [0.717, 1.165) is 11.1 Å². The van der Waals surface area contributed by atoms with Crippen LogP contribution in [-0.4, -0.2) is 57.4 Å². The van der Waals surface area contributed by atoms with Gasteiger partial charge in [-0.05, 0) is 46.9 Å². The molecule has 49 heavy (non-hydrogen) atoms. The lowest BCUT2D eigenvalue weighted by molar-refractivity contribution is -0.131. The van der Waals surface area contributed by atoms with Crippen LogP contribution in [0.3, 0.4) is 0 Å². The Morgan fingerprint density at radius 1 is 1.02 bits per heavy atom. The first-order valence-corrected chi connectivity index (χ1v) is 16.8. The van der Waals surface area contributed by atoms with Gasteiger partial charge in [0.15, 0.2) is 0 Å². The molecule has 14 nitrogen and oxygen atoms in total. The second-order valence-electron chi connectivity index (χ2n) is 11.4. The smallest absolute Gasteiger partial charge is 0.404 e. The Labute approximate surface area is 281 Å². The molecule has 3 aromatic rings. The Morgan fingerprint density at radius 2 is 1.76 bits per heavy atom. The number of carbonyl (C=O) groups is 5. The average Bonchev–Trinajstić information content (AvgIpc) is 3.40. The third-order valence-corrected chi connectivity index (χ3v) is 8.29. The van der Waals surface area contributed by atoms with Crippen LogP contribution in [0.2, 0.25) is 0 Å². The number of benzene rings is 3. The number of carbonyl (C=O) groups excluding carboxylic acids is 5. The van der Waals surface area contributed by atoms with Gasteiger partial charge < -0.3 is 26.2 Å². The Morgan fingerprint density at radius 3 is 2.45 bits per heavy atom. The highest BCUT2D eigenvalue weighted by Gasteiger charge is 2.43. The van der Waals surface area contributed by atoms with Crippen molar-refractivity contribution in [2.75, 3.05) is 4.90 Å². The van der Waals surface area contributed by atoms with E-state index in [1.165, 1.54) is 47.4 Å². The number of phosphoric acid groups is 1. The summed E-state index contributed by atoms with van der Waals surface area (Å²) >= 11 is 0. The molecule has 3 atom stereocenters. The molecule has 2 aliphatic rings. The molecule has 0 saturated heterocycles. The van der Waals surface area contributed by atoms with E-state index in [-0.39, 0.29) is 31.6 Å². The number of phosphoric ester groups is 1. The summed E-state index contributed by atoms with van der Waals surface area (Å²) in [5.74, 6) is -3.01. The molecule has 7 N–H and O–H groups in total. The van der Waals surface area contributed by atoms with Gasteiger partial charge >= 0.3 is 7.82 Å². The fourth-order valence-electron chi connectivity index (χ4n) is 5.56. The van der Waals surface area contributed by atoms with E-state index in [2.05, 4.69) is 20.5 Å². The number of primary amides is 1. The highest BCUT2D eigenvalue weighted by Crippen LogP contribution is 2.39. The fraction of sp³-hybridized carbons (Fsp3) is 0.206. The number of hydrogen-bond acceptors (Lipinski definition) is 7. The minimum atomic E-state index is -4.72. The molecule has 254 valence electrons. The van der Waals surface area contributed by atoms with Crippen LogP contribution in [0.1, 0.15) is 35.1 Å². The predicted molar refractivity (Wildman–Crippen MR) is 179 cm³/mol. The van der Waals surface area contributed by atoms with Crippen molar-refractivity contribution in [3.05, 3.63) is 107 Å².